The van der Waals surface area contributed by atoms with E-state index in [2.05, 4.69) is 37.2 Å². The van der Waals surface area contributed by atoms with Gasteiger partial charge in [-0.15, -0.1) is 0 Å². The van der Waals surface area contributed by atoms with Gasteiger partial charge in [0.25, 0.3) is 5.91 Å². The van der Waals surface area contributed by atoms with Crippen LogP contribution >= 0.6 is 31.9 Å². The van der Waals surface area contributed by atoms with Crippen LogP contribution in [0.1, 0.15) is 19.4 Å². The number of nitrogens with one attached hydrogen (secondary N) is 1. The van der Waals surface area contributed by atoms with Gasteiger partial charge in [-0.1, -0.05) is 29.8 Å². The van der Waals surface area contributed by atoms with E-state index in [0.717, 1.165) is 8.95 Å². The van der Waals surface area contributed by atoms with Crippen molar-refractivity contribution in [3.63, 3.8) is 0 Å². The predicted octanol–water partition coefficient (Wildman–Crippen LogP) is 5.50. The van der Waals surface area contributed by atoms with Crippen LogP contribution in [0.5, 0.6) is 11.5 Å². The van der Waals surface area contributed by atoms with Gasteiger partial charge in [-0.05, 0) is 64.3 Å². The van der Waals surface area contributed by atoms with Gasteiger partial charge in [-0.2, -0.15) is 5.26 Å². The van der Waals surface area contributed by atoms with Gasteiger partial charge >= 0.3 is 0 Å². The van der Waals surface area contributed by atoms with E-state index in [4.69, 9.17) is 4.74 Å². The third kappa shape index (κ3) is 6.12. The number of amides is 1. The first-order chi connectivity index (χ1) is 12.8. The van der Waals surface area contributed by atoms with Crippen molar-refractivity contribution < 1.29 is 14.6 Å². The van der Waals surface area contributed by atoms with Gasteiger partial charge < -0.3 is 15.2 Å². The summed E-state index contributed by atoms with van der Waals surface area (Å²) in [5.41, 5.74) is 1.02. The molecule has 27 heavy (non-hydrogen) atoms. The van der Waals surface area contributed by atoms with Crippen molar-refractivity contribution in [3.8, 4) is 17.6 Å². The zero-order valence-corrected chi connectivity index (χ0v) is 18.0. The lowest BCUT2D eigenvalue weighted by Gasteiger charge is -2.14. The number of carbonyl (C=O) groups excluding carboxylic acids is 1. The van der Waals surface area contributed by atoms with Crippen LogP contribution in [0.15, 0.2) is 50.9 Å². The molecule has 0 bridgehead atoms. The van der Waals surface area contributed by atoms with E-state index in [1.54, 1.807) is 18.2 Å². The van der Waals surface area contributed by atoms with E-state index in [1.165, 1.54) is 18.2 Å². The minimum absolute atomic E-state index is 0.0672. The maximum atomic E-state index is 12.5. The van der Waals surface area contributed by atoms with Gasteiger partial charge in [0.15, 0.2) is 0 Å². The number of halogens is 2. The average molecular weight is 494 g/mol. The average Bonchev–Trinajstić information content (AvgIpc) is 2.60. The van der Waals surface area contributed by atoms with Crippen LogP contribution in [0.2, 0.25) is 0 Å². The van der Waals surface area contributed by atoms with Crippen molar-refractivity contribution in [1.82, 2.24) is 0 Å². The number of carbonyl (C=O) groups is 1. The Morgan fingerprint density at radius 3 is 2.56 bits per heavy atom. The van der Waals surface area contributed by atoms with Gasteiger partial charge in [0.2, 0.25) is 0 Å². The topological polar surface area (TPSA) is 82.3 Å². The number of phenols is 1. The summed E-state index contributed by atoms with van der Waals surface area (Å²) in [6, 6.07) is 11.6. The number of aromatic hydroxyl groups is 1. The van der Waals surface area contributed by atoms with Crippen molar-refractivity contribution in [2.75, 3.05) is 11.9 Å². The molecule has 0 unspecified atom stereocenters. The molecule has 1 amide bonds. The third-order valence-corrected chi connectivity index (χ3v) is 4.44. The maximum absolute atomic E-state index is 12.5. The summed E-state index contributed by atoms with van der Waals surface area (Å²) < 4.78 is 7.37. The Kier molecular flexibility index (Phi) is 7.45. The Morgan fingerprint density at radius 1 is 1.30 bits per heavy atom. The number of ether oxygens (including phenoxy) is 1. The smallest absolute Gasteiger partial charge is 0.266 e. The van der Waals surface area contributed by atoms with E-state index < -0.39 is 5.91 Å². The largest absolute Gasteiger partial charge is 0.508 e. The highest BCUT2D eigenvalue weighted by Gasteiger charge is 2.14. The van der Waals surface area contributed by atoms with E-state index >= 15 is 0 Å². The predicted molar refractivity (Wildman–Crippen MR) is 113 cm³/mol. The molecule has 0 saturated carbocycles. The molecule has 0 spiro atoms. The SMILES string of the molecule is CC(C)COc1c(Br)cc(Br)cc1/C=C(\C#N)C(=O)Nc1ccc(O)cc1. The van der Waals surface area contributed by atoms with Crippen LogP contribution in [0, 0.1) is 17.2 Å². The monoisotopic (exact) mass is 492 g/mol. The fourth-order valence-electron chi connectivity index (χ4n) is 2.14. The van der Waals surface area contributed by atoms with Crippen LogP contribution in [0.3, 0.4) is 0 Å². The fourth-order valence-corrected chi connectivity index (χ4v) is 3.51. The van der Waals surface area contributed by atoms with E-state index in [1.807, 2.05) is 26.0 Å². The highest BCUT2D eigenvalue weighted by atomic mass is 79.9. The molecule has 0 aliphatic carbocycles. The van der Waals surface area contributed by atoms with Gasteiger partial charge in [0, 0.05) is 15.7 Å². The molecule has 0 saturated heterocycles. The van der Waals surface area contributed by atoms with Gasteiger partial charge in [0.1, 0.15) is 23.1 Å². The number of hydrogen-bond donors (Lipinski definition) is 2. The molecule has 2 aromatic carbocycles. The molecule has 0 fully saturated rings. The zero-order valence-electron chi connectivity index (χ0n) is 14.8. The van der Waals surface area contributed by atoms with E-state index in [-0.39, 0.29) is 11.3 Å². The number of nitrogens with zero attached hydrogens (tertiary/aromatic N) is 1. The molecule has 0 heterocycles. The maximum Gasteiger partial charge on any atom is 0.266 e. The summed E-state index contributed by atoms with van der Waals surface area (Å²) in [7, 11) is 0. The number of nitriles is 1. The minimum atomic E-state index is -0.547. The summed E-state index contributed by atoms with van der Waals surface area (Å²) >= 11 is 6.88. The number of phenolic OH excluding ortho intramolecular Hbond substituents is 1. The molecule has 0 aliphatic rings. The summed E-state index contributed by atoms with van der Waals surface area (Å²) in [6.07, 6.45) is 1.49. The summed E-state index contributed by atoms with van der Waals surface area (Å²) in [6.45, 7) is 4.57. The molecular weight excluding hydrogens is 476 g/mol. The number of anilines is 1. The Hall–Kier alpha value is -2.30. The first kappa shape index (κ1) is 21.0. The molecule has 5 nitrogen and oxygen atoms in total. The molecule has 140 valence electrons. The standard InChI is InChI=1S/C20H18Br2N2O3/c1-12(2)11-27-19-13(8-15(21)9-18(19)22)7-14(10-23)20(26)24-16-3-5-17(25)6-4-16/h3-9,12,25H,11H2,1-2H3,(H,24,26)/b14-7+. The summed E-state index contributed by atoms with van der Waals surface area (Å²) in [5, 5.41) is 21.4. The minimum Gasteiger partial charge on any atom is -0.508 e. The molecule has 0 aliphatic heterocycles. The first-order valence-corrected chi connectivity index (χ1v) is 9.72. The Morgan fingerprint density at radius 2 is 1.96 bits per heavy atom. The molecule has 2 aromatic rings. The molecular formula is C20H18Br2N2O3. The lowest BCUT2D eigenvalue weighted by atomic mass is 10.1. The second-order valence-corrected chi connectivity index (χ2v) is 7.95. The lowest BCUT2D eigenvalue weighted by Crippen LogP contribution is -2.13. The van der Waals surface area contributed by atoms with Crippen molar-refractivity contribution in [1.29, 1.82) is 5.26 Å². The molecule has 7 heteroatoms. The van der Waals surface area contributed by atoms with Crippen LogP contribution in [0.25, 0.3) is 6.08 Å². The summed E-state index contributed by atoms with van der Waals surface area (Å²) in [5.74, 6) is 0.437. The van der Waals surface area contributed by atoms with E-state index in [9.17, 15) is 15.2 Å². The zero-order chi connectivity index (χ0) is 20.0. The van der Waals surface area contributed by atoms with E-state index in [0.29, 0.717) is 29.5 Å². The van der Waals surface area contributed by atoms with Crippen molar-refractivity contribution in [2.24, 2.45) is 5.92 Å². The molecule has 0 aromatic heterocycles. The number of rotatable bonds is 6. The third-order valence-electron chi connectivity index (χ3n) is 3.39. The fraction of sp³-hybridized carbons (Fsp3) is 0.200. The quantitative estimate of drug-likeness (QED) is 0.316. The molecule has 2 N–H and O–H groups in total. The second-order valence-electron chi connectivity index (χ2n) is 6.18. The Bertz CT molecular complexity index is 901. The van der Waals surface area contributed by atoms with Gasteiger partial charge in [-0.3, -0.25) is 4.79 Å². The molecule has 0 radical (unpaired) electrons. The van der Waals surface area contributed by atoms with Crippen LogP contribution < -0.4 is 10.1 Å². The molecule has 2 rings (SSSR count). The van der Waals surface area contributed by atoms with Crippen molar-refractivity contribution >= 4 is 49.5 Å². The number of benzene rings is 2. The highest BCUT2D eigenvalue weighted by Crippen LogP contribution is 2.34. The van der Waals surface area contributed by atoms with Crippen molar-refractivity contribution in [3.05, 3.63) is 56.5 Å². The number of hydrogen-bond acceptors (Lipinski definition) is 4. The normalized spacial score (nSPS) is 11.2. The van der Waals surface area contributed by atoms with Crippen molar-refractivity contribution in [2.45, 2.75) is 13.8 Å². The first-order valence-electron chi connectivity index (χ1n) is 8.14. The molecule has 0 atom stereocenters. The van der Waals surface area contributed by atoms with Crippen LogP contribution in [0.4, 0.5) is 5.69 Å². The van der Waals surface area contributed by atoms with Gasteiger partial charge in [-0.25, -0.2) is 0 Å². The summed E-state index contributed by atoms with van der Waals surface area (Å²) in [4.78, 5) is 12.5. The Labute approximate surface area is 174 Å². The Balaban J connectivity index is 2.34. The van der Waals surface area contributed by atoms with Gasteiger partial charge in [0.05, 0.1) is 11.1 Å². The van der Waals surface area contributed by atoms with Crippen LogP contribution in [-0.2, 0) is 4.79 Å². The highest BCUT2D eigenvalue weighted by molar-refractivity contribution is 9.11. The lowest BCUT2D eigenvalue weighted by molar-refractivity contribution is -0.112. The van der Waals surface area contributed by atoms with Crippen LogP contribution in [-0.4, -0.2) is 17.6 Å². The second kappa shape index (κ2) is 9.58.